The van der Waals surface area contributed by atoms with Crippen LogP contribution in [0.25, 0.3) is 0 Å². The maximum absolute atomic E-state index is 11.4. The molecule has 1 radical (unpaired) electrons. The quantitative estimate of drug-likeness (QED) is 0.474. The van der Waals surface area contributed by atoms with Gasteiger partial charge in [0.15, 0.2) is 6.29 Å². The Balaban J connectivity index is 3.60. The van der Waals surface area contributed by atoms with Crippen molar-refractivity contribution in [1.29, 1.82) is 0 Å². The Labute approximate surface area is 113 Å². The molecule has 5 heteroatoms. The van der Waals surface area contributed by atoms with Crippen LogP contribution in [0.4, 0.5) is 0 Å². The molecule has 0 unspecified atom stereocenters. The third kappa shape index (κ3) is 11.5. The lowest BCUT2D eigenvalue weighted by molar-refractivity contribution is -0.126. The summed E-state index contributed by atoms with van der Waals surface area (Å²) in [5.41, 5.74) is 0. The van der Waals surface area contributed by atoms with Crippen molar-refractivity contribution in [3.05, 3.63) is 0 Å². The molecule has 0 aromatic rings. The van der Waals surface area contributed by atoms with E-state index in [1.165, 1.54) is 0 Å². The molecule has 0 fully saturated rings. The lowest BCUT2D eigenvalue weighted by atomic mass is 10.0. The van der Waals surface area contributed by atoms with E-state index in [0.717, 1.165) is 0 Å². The van der Waals surface area contributed by atoms with Crippen LogP contribution in [-0.4, -0.2) is 36.8 Å². The minimum absolute atomic E-state index is 0.00341. The van der Waals surface area contributed by atoms with Crippen molar-refractivity contribution in [3.63, 3.8) is 0 Å². The van der Waals surface area contributed by atoms with Crippen LogP contribution in [0.5, 0.6) is 0 Å². The molecular weight excluding hydrogens is 248 g/mol. The Kier molecular flexibility index (Phi) is 10.9. The SMILES string of the molecule is CCOCCC(=O)CCC(=O)CCC(=O)CC[C]=O. The Morgan fingerprint density at radius 1 is 0.842 bits per heavy atom. The average molecular weight is 269 g/mol. The predicted molar refractivity (Wildman–Crippen MR) is 69.5 cm³/mol. The van der Waals surface area contributed by atoms with E-state index in [1.54, 1.807) is 6.29 Å². The molecule has 0 heterocycles. The zero-order chi connectivity index (χ0) is 14.5. The van der Waals surface area contributed by atoms with Gasteiger partial charge in [0.05, 0.1) is 6.61 Å². The Bertz CT molecular complexity index is 309. The van der Waals surface area contributed by atoms with Gasteiger partial charge in [-0.2, -0.15) is 0 Å². The monoisotopic (exact) mass is 269 g/mol. The number of ketones is 3. The second-order valence-corrected chi connectivity index (χ2v) is 4.21. The molecular formula is C14H21O5. The van der Waals surface area contributed by atoms with Crippen LogP contribution in [0.1, 0.15) is 51.9 Å². The van der Waals surface area contributed by atoms with Crippen LogP contribution in [0.2, 0.25) is 0 Å². The highest BCUT2D eigenvalue weighted by atomic mass is 16.5. The predicted octanol–water partition coefficient (Wildman–Crippen LogP) is 1.57. The highest BCUT2D eigenvalue weighted by molar-refractivity contribution is 5.89. The van der Waals surface area contributed by atoms with Crippen molar-refractivity contribution >= 4 is 23.6 Å². The van der Waals surface area contributed by atoms with Crippen LogP contribution in [-0.2, 0) is 23.9 Å². The molecule has 0 aliphatic rings. The fourth-order valence-electron chi connectivity index (χ4n) is 1.45. The average Bonchev–Trinajstić information content (AvgIpc) is 2.40. The molecule has 0 amide bonds. The summed E-state index contributed by atoms with van der Waals surface area (Å²) in [6.07, 6.45) is 2.88. The summed E-state index contributed by atoms with van der Waals surface area (Å²) in [5, 5.41) is 0. The molecule has 0 aromatic heterocycles. The van der Waals surface area contributed by atoms with Gasteiger partial charge >= 0.3 is 0 Å². The standard InChI is InChI=1S/C14H21O5/c1-2-19-11-9-14(18)8-7-13(17)6-5-12(16)4-3-10-15/h2-9,11H2,1H3. The van der Waals surface area contributed by atoms with Crippen LogP contribution in [0, 0.1) is 0 Å². The summed E-state index contributed by atoms with van der Waals surface area (Å²) in [7, 11) is 0. The highest BCUT2D eigenvalue weighted by Gasteiger charge is 2.09. The lowest BCUT2D eigenvalue weighted by Gasteiger charge is -2.01. The topological polar surface area (TPSA) is 77.5 Å². The first-order valence-corrected chi connectivity index (χ1v) is 6.58. The van der Waals surface area contributed by atoms with Gasteiger partial charge in [0.1, 0.15) is 17.3 Å². The number of carbonyl (C=O) groups excluding carboxylic acids is 4. The lowest BCUT2D eigenvalue weighted by Crippen LogP contribution is -2.09. The molecule has 0 N–H and O–H groups in total. The van der Waals surface area contributed by atoms with Crippen molar-refractivity contribution in [2.75, 3.05) is 13.2 Å². The van der Waals surface area contributed by atoms with E-state index in [1.807, 2.05) is 6.92 Å². The van der Waals surface area contributed by atoms with Gasteiger partial charge in [-0.05, 0) is 6.92 Å². The molecule has 0 spiro atoms. The van der Waals surface area contributed by atoms with E-state index in [2.05, 4.69) is 0 Å². The summed E-state index contributed by atoms with van der Waals surface area (Å²) in [5.74, 6) is -0.198. The summed E-state index contributed by atoms with van der Waals surface area (Å²) in [6.45, 7) is 2.82. The van der Waals surface area contributed by atoms with Crippen LogP contribution < -0.4 is 0 Å². The second-order valence-electron chi connectivity index (χ2n) is 4.21. The maximum atomic E-state index is 11.4. The summed E-state index contributed by atoms with van der Waals surface area (Å²) in [6, 6.07) is 0. The first kappa shape index (κ1) is 17.6. The first-order valence-electron chi connectivity index (χ1n) is 6.58. The molecule has 107 valence electrons. The first-order chi connectivity index (χ1) is 9.10. The van der Waals surface area contributed by atoms with Gasteiger partial charge < -0.3 is 4.74 Å². The van der Waals surface area contributed by atoms with E-state index in [4.69, 9.17) is 4.74 Å². The van der Waals surface area contributed by atoms with Crippen molar-refractivity contribution < 1.29 is 23.9 Å². The summed E-state index contributed by atoms with van der Waals surface area (Å²) >= 11 is 0. The molecule has 0 saturated heterocycles. The van der Waals surface area contributed by atoms with Crippen LogP contribution in [0.15, 0.2) is 0 Å². The number of hydrogen-bond donors (Lipinski definition) is 0. The number of carbonyl (C=O) groups is 3. The Morgan fingerprint density at radius 2 is 1.32 bits per heavy atom. The highest BCUT2D eigenvalue weighted by Crippen LogP contribution is 2.04. The molecule has 0 aliphatic heterocycles. The van der Waals surface area contributed by atoms with E-state index < -0.39 is 0 Å². The zero-order valence-electron chi connectivity index (χ0n) is 11.4. The van der Waals surface area contributed by atoms with Crippen molar-refractivity contribution in [1.82, 2.24) is 0 Å². The van der Waals surface area contributed by atoms with E-state index in [-0.39, 0.29) is 55.9 Å². The van der Waals surface area contributed by atoms with Crippen molar-refractivity contribution in [2.24, 2.45) is 0 Å². The third-order valence-electron chi connectivity index (χ3n) is 2.60. The minimum atomic E-state index is -0.112. The van der Waals surface area contributed by atoms with Gasteiger partial charge in [-0.15, -0.1) is 0 Å². The van der Waals surface area contributed by atoms with Crippen LogP contribution >= 0.6 is 0 Å². The van der Waals surface area contributed by atoms with Gasteiger partial charge in [-0.25, -0.2) is 0 Å². The van der Waals surface area contributed by atoms with Crippen molar-refractivity contribution in [2.45, 2.75) is 51.9 Å². The fraction of sp³-hybridized carbons (Fsp3) is 0.714. The van der Waals surface area contributed by atoms with E-state index >= 15 is 0 Å². The molecule has 0 saturated carbocycles. The number of Topliss-reactive ketones (excluding diaryl/α,β-unsaturated/α-hetero) is 3. The fourth-order valence-corrected chi connectivity index (χ4v) is 1.45. The zero-order valence-corrected chi connectivity index (χ0v) is 11.4. The molecule has 0 atom stereocenters. The number of rotatable bonds is 13. The molecule has 0 aromatic carbocycles. The largest absolute Gasteiger partial charge is 0.381 e. The molecule has 0 aliphatic carbocycles. The Hall–Kier alpha value is -1.36. The van der Waals surface area contributed by atoms with E-state index in [9.17, 15) is 19.2 Å². The van der Waals surface area contributed by atoms with Gasteiger partial charge in [0.25, 0.3) is 0 Å². The molecule has 0 rings (SSSR count). The molecule has 5 nitrogen and oxygen atoms in total. The van der Waals surface area contributed by atoms with Gasteiger partial charge in [0, 0.05) is 51.6 Å². The van der Waals surface area contributed by atoms with Gasteiger partial charge in [-0.1, -0.05) is 0 Å². The Morgan fingerprint density at radius 3 is 1.79 bits per heavy atom. The smallest absolute Gasteiger partial charge is 0.198 e. The second kappa shape index (κ2) is 11.7. The number of ether oxygens (including phenoxy) is 1. The summed E-state index contributed by atoms with van der Waals surface area (Å²) < 4.78 is 5.05. The normalized spacial score (nSPS) is 10.2. The van der Waals surface area contributed by atoms with Gasteiger partial charge in [-0.3, -0.25) is 19.2 Å². The van der Waals surface area contributed by atoms with Crippen LogP contribution in [0.3, 0.4) is 0 Å². The molecule has 0 bridgehead atoms. The third-order valence-corrected chi connectivity index (χ3v) is 2.60. The number of hydrogen-bond acceptors (Lipinski definition) is 5. The summed E-state index contributed by atoms with van der Waals surface area (Å²) in [4.78, 5) is 43.9. The van der Waals surface area contributed by atoms with Crippen molar-refractivity contribution in [3.8, 4) is 0 Å². The van der Waals surface area contributed by atoms with E-state index in [0.29, 0.717) is 19.6 Å². The maximum Gasteiger partial charge on any atom is 0.198 e. The molecule has 19 heavy (non-hydrogen) atoms. The minimum Gasteiger partial charge on any atom is -0.381 e. The van der Waals surface area contributed by atoms with Gasteiger partial charge in [0.2, 0.25) is 0 Å².